The fraction of sp³-hybridized carbons (Fsp3) is 1.00. The summed E-state index contributed by atoms with van der Waals surface area (Å²) < 4.78 is 0. The predicted molar refractivity (Wildman–Crippen MR) is 54.5 cm³/mol. The largest absolute Gasteiger partial charge is 0.396 e. The molecule has 0 aromatic rings. The van der Waals surface area contributed by atoms with Crippen LogP contribution in [0.15, 0.2) is 0 Å². The minimum absolute atomic E-state index is 0.424. The highest BCUT2D eigenvalue weighted by Crippen LogP contribution is 2.52. The molecule has 1 N–H and O–H groups in total. The van der Waals surface area contributed by atoms with Crippen LogP contribution in [0.3, 0.4) is 0 Å². The van der Waals surface area contributed by atoms with Crippen molar-refractivity contribution in [2.45, 2.75) is 51.9 Å². The molecule has 2 saturated carbocycles. The van der Waals surface area contributed by atoms with Crippen molar-refractivity contribution in [2.24, 2.45) is 17.3 Å². The first-order valence-corrected chi connectivity index (χ1v) is 5.88. The van der Waals surface area contributed by atoms with E-state index in [0.29, 0.717) is 17.9 Å². The summed E-state index contributed by atoms with van der Waals surface area (Å²) in [5, 5.41) is 9.40. The lowest BCUT2D eigenvalue weighted by atomic mass is 9.56. The molecule has 2 aliphatic carbocycles. The van der Waals surface area contributed by atoms with E-state index in [-0.39, 0.29) is 0 Å². The van der Waals surface area contributed by atoms with Gasteiger partial charge in [0, 0.05) is 6.61 Å². The van der Waals surface area contributed by atoms with Gasteiger partial charge in [0.1, 0.15) is 0 Å². The van der Waals surface area contributed by atoms with Crippen molar-refractivity contribution >= 4 is 0 Å². The van der Waals surface area contributed by atoms with Gasteiger partial charge in [-0.25, -0.2) is 0 Å². The number of fused-ring (bicyclic) bond motifs is 1. The second-order valence-corrected chi connectivity index (χ2v) is 5.26. The fourth-order valence-electron chi connectivity index (χ4n) is 3.68. The average Bonchev–Trinajstić information content (AvgIpc) is 2.16. The quantitative estimate of drug-likeness (QED) is 0.661. The minimum atomic E-state index is 0.424. The van der Waals surface area contributed by atoms with E-state index in [1.54, 1.807) is 0 Å². The zero-order valence-electron chi connectivity index (χ0n) is 8.76. The highest BCUT2D eigenvalue weighted by molar-refractivity contribution is 4.94. The molecule has 13 heavy (non-hydrogen) atoms. The Bertz CT molecular complexity index is 167. The normalized spacial score (nSPS) is 45.7. The molecular weight excluding hydrogens is 160 g/mol. The van der Waals surface area contributed by atoms with E-state index in [1.165, 1.54) is 44.9 Å². The van der Waals surface area contributed by atoms with E-state index >= 15 is 0 Å². The molecule has 2 aliphatic rings. The molecule has 1 unspecified atom stereocenters. The Hall–Kier alpha value is -0.0400. The molecule has 0 heterocycles. The van der Waals surface area contributed by atoms with Gasteiger partial charge >= 0.3 is 0 Å². The van der Waals surface area contributed by atoms with Crippen LogP contribution < -0.4 is 0 Å². The summed E-state index contributed by atoms with van der Waals surface area (Å²) in [7, 11) is 0. The number of aliphatic hydroxyl groups is 1. The van der Waals surface area contributed by atoms with Crippen molar-refractivity contribution in [3.63, 3.8) is 0 Å². The van der Waals surface area contributed by atoms with Gasteiger partial charge in [0.25, 0.3) is 0 Å². The van der Waals surface area contributed by atoms with Gasteiger partial charge in [-0.15, -0.1) is 0 Å². The Morgan fingerprint density at radius 2 is 1.92 bits per heavy atom. The molecule has 0 saturated heterocycles. The zero-order valence-corrected chi connectivity index (χ0v) is 8.76. The number of hydrogen-bond acceptors (Lipinski definition) is 1. The molecule has 0 aromatic carbocycles. The molecule has 1 nitrogen and oxygen atoms in total. The Labute approximate surface area is 81.5 Å². The molecule has 2 rings (SSSR count). The van der Waals surface area contributed by atoms with Gasteiger partial charge in [0.15, 0.2) is 0 Å². The molecule has 0 aromatic heterocycles. The summed E-state index contributed by atoms with van der Waals surface area (Å²) in [6.45, 7) is 2.85. The standard InChI is InChI=1S/C12H22O/c1-12-8-3-2-5-10(12)6-4-7-11(12)9-13/h10-11,13H,2-9H2,1H3/t10-,11?,12-/m1/s1. The van der Waals surface area contributed by atoms with Crippen molar-refractivity contribution < 1.29 is 5.11 Å². The zero-order chi connectivity index (χ0) is 9.31. The molecule has 0 radical (unpaired) electrons. The lowest BCUT2D eigenvalue weighted by molar-refractivity contribution is -0.0248. The van der Waals surface area contributed by atoms with Crippen LogP contribution in [0.1, 0.15) is 51.9 Å². The van der Waals surface area contributed by atoms with Gasteiger partial charge in [-0.05, 0) is 42.9 Å². The van der Waals surface area contributed by atoms with Gasteiger partial charge in [-0.1, -0.05) is 26.2 Å². The minimum Gasteiger partial charge on any atom is -0.396 e. The number of rotatable bonds is 1. The van der Waals surface area contributed by atoms with Crippen molar-refractivity contribution in [1.29, 1.82) is 0 Å². The summed E-state index contributed by atoms with van der Waals surface area (Å²) in [6, 6.07) is 0. The van der Waals surface area contributed by atoms with E-state index in [4.69, 9.17) is 0 Å². The summed E-state index contributed by atoms with van der Waals surface area (Å²) >= 11 is 0. The van der Waals surface area contributed by atoms with E-state index in [2.05, 4.69) is 6.92 Å². The molecule has 0 aliphatic heterocycles. The molecule has 76 valence electrons. The Balaban J connectivity index is 2.14. The second-order valence-electron chi connectivity index (χ2n) is 5.26. The van der Waals surface area contributed by atoms with Gasteiger partial charge in [-0.2, -0.15) is 0 Å². The highest BCUT2D eigenvalue weighted by atomic mass is 16.3. The van der Waals surface area contributed by atoms with Crippen molar-refractivity contribution in [3.05, 3.63) is 0 Å². The number of aliphatic hydroxyl groups excluding tert-OH is 1. The van der Waals surface area contributed by atoms with Crippen LogP contribution in [0.4, 0.5) is 0 Å². The van der Waals surface area contributed by atoms with Gasteiger partial charge in [0.2, 0.25) is 0 Å². The van der Waals surface area contributed by atoms with Crippen molar-refractivity contribution in [1.82, 2.24) is 0 Å². The topological polar surface area (TPSA) is 20.2 Å². The Morgan fingerprint density at radius 1 is 1.15 bits per heavy atom. The molecule has 0 amide bonds. The third kappa shape index (κ3) is 1.52. The van der Waals surface area contributed by atoms with Crippen LogP contribution in [-0.4, -0.2) is 11.7 Å². The Morgan fingerprint density at radius 3 is 2.69 bits per heavy atom. The fourth-order valence-corrected chi connectivity index (χ4v) is 3.68. The highest BCUT2D eigenvalue weighted by Gasteiger charge is 2.44. The third-order valence-electron chi connectivity index (χ3n) is 4.71. The molecular formula is C12H22O. The summed E-state index contributed by atoms with van der Waals surface area (Å²) in [5.41, 5.74) is 0.491. The van der Waals surface area contributed by atoms with Gasteiger partial charge in [-0.3, -0.25) is 0 Å². The van der Waals surface area contributed by atoms with E-state index < -0.39 is 0 Å². The first-order chi connectivity index (χ1) is 6.27. The first-order valence-electron chi connectivity index (χ1n) is 5.88. The van der Waals surface area contributed by atoms with Crippen LogP contribution in [0.25, 0.3) is 0 Å². The maximum absolute atomic E-state index is 9.40. The maximum atomic E-state index is 9.40. The van der Waals surface area contributed by atoms with Crippen LogP contribution in [0.2, 0.25) is 0 Å². The summed E-state index contributed by atoms with van der Waals surface area (Å²) in [6.07, 6.45) is 9.65. The molecule has 0 bridgehead atoms. The van der Waals surface area contributed by atoms with Crippen LogP contribution >= 0.6 is 0 Å². The predicted octanol–water partition coefficient (Wildman–Crippen LogP) is 2.98. The molecule has 2 fully saturated rings. The monoisotopic (exact) mass is 182 g/mol. The van der Waals surface area contributed by atoms with E-state index in [9.17, 15) is 5.11 Å². The summed E-state index contributed by atoms with van der Waals surface area (Å²) in [4.78, 5) is 0. The molecule has 1 heteroatoms. The lowest BCUT2D eigenvalue weighted by Crippen LogP contribution is -2.42. The first kappa shape index (κ1) is 9.51. The van der Waals surface area contributed by atoms with Gasteiger partial charge in [0.05, 0.1) is 0 Å². The van der Waals surface area contributed by atoms with E-state index in [1.807, 2.05) is 0 Å². The Kier molecular flexibility index (Phi) is 2.64. The lowest BCUT2D eigenvalue weighted by Gasteiger charge is -2.50. The van der Waals surface area contributed by atoms with Crippen molar-refractivity contribution in [2.75, 3.05) is 6.61 Å². The SMILES string of the molecule is C[C@@]12CCCC[C@@H]1CCCC2CO. The second kappa shape index (κ2) is 3.61. The third-order valence-corrected chi connectivity index (χ3v) is 4.71. The van der Waals surface area contributed by atoms with Gasteiger partial charge < -0.3 is 5.11 Å². The van der Waals surface area contributed by atoms with E-state index in [0.717, 1.165) is 5.92 Å². The van der Waals surface area contributed by atoms with Crippen LogP contribution in [0, 0.1) is 17.3 Å². The summed E-state index contributed by atoms with van der Waals surface area (Å²) in [5.74, 6) is 1.53. The van der Waals surface area contributed by atoms with Crippen LogP contribution in [-0.2, 0) is 0 Å². The van der Waals surface area contributed by atoms with Crippen LogP contribution in [0.5, 0.6) is 0 Å². The number of hydrogen-bond donors (Lipinski definition) is 1. The molecule has 3 atom stereocenters. The average molecular weight is 182 g/mol. The molecule has 0 spiro atoms. The smallest absolute Gasteiger partial charge is 0.0464 e. The maximum Gasteiger partial charge on any atom is 0.0464 e. The van der Waals surface area contributed by atoms with Crippen molar-refractivity contribution in [3.8, 4) is 0 Å².